The number of aliphatic imine (C=N–C) groups is 1. The van der Waals surface area contributed by atoms with Crippen LogP contribution in [-0.2, 0) is 9.59 Å². The summed E-state index contributed by atoms with van der Waals surface area (Å²) in [5, 5.41) is 2.54. The van der Waals surface area contributed by atoms with Gasteiger partial charge in [-0.05, 0) is 46.9 Å². The van der Waals surface area contributed by atoms with E-state index in [0.717, 1.165) is 0 Å². The molecule has 2 amide bonds. The van der Waals surface area contributed by atoms with Crippen molar-refractivity contribution < 1.29 is 31.9 Å². The summed E-state index contributed by atoms with van der Waals surface area (Å²) in [6, 6.07) is 2.84. The molecule has 1 saturated heterocycles. The fourth-order valence-corrected chi connectivity index (χ4v) is 4.64. The highest BCUT2D eigenvalue weighted by Crippen LogP contribution is 2.38. The summed E-state index contributed by atoms with van der Waals surface area (Å²) < 4.78 is 62.0. The summed E-state index contributed by atoms with van der Waals surface area (Å²) in [7, 11) is 1.97. The van der Waals surface area contributed by atoms with Crippen LogP contribution in [0.5, 0.6) is 6.01 Å². The van der Waals surface area contributed by atoms with Gasteiger partial charge in [-0.2, -0.15) is 13.2 Å². The topological polar surface area (TPSA) is 100 Å². The number of hydrogen-bond acceptors (Lipinski definition) is 7. The molecule has 40 heavy (non-hydrogen) atoms. The van der Waals surface area contributed by atoms with Crippen molar-refractivity contribution in [2.24, 2.45) is 10.9 Å². The Kier molecular flexibility index (Phi) is 8.24. The summed E-state index contributed by atoms with van der Waals surface area (Å²) in [4.78, 5) is 40.4. The van der Waals surface area contributed by atoms with Crippen LogP contribution in [0.25, 0.3) is 11.1 Å². The lowest BCUT2D eigenvalue weighted by Crippen LogP contribution is -2.55. The molecule has 1 N–H and O–H groups in total. The molecule has 1 unspecified atom stereocenters. The van der Waals surface area contributed by atoms with E-state index in [4.69, 9.17) is 4.74 Å². The third kappa shape index (κ3) is 6.30. The highest BCUT2D eigenvalue weighted by Gasteiger charge is 2.43. The Balaban J connectivity index is 1.75. The highest BCUT2D eigenvalue weighted by molar-refractivity contribution is 6.11. The summed E-state index contributed by atoms with van der Waals surface area (Å²) in [5.74, 6) is -4.66. The summed E-state index contributed by atoms with van der Waals surface area (Å²) in [6.07, 6.45) is -1.40. The van der Waals surface area contributed by atoms with Crippen LogP contribution in [-0.4, -0.2) is 77.4 Å². The second-order valence-corrected chi connectivity index (χ2v) is 10.2. The van der Waals surface area contributed by atoms with Crippen LogP contribution < -0.4 is 15.0 Å². The van der Waals surface area contributed by atoms with E-state index in [9.17, 15) is 22.8 Å². The first-order valence-electron chi connectivity index (χ1n) is 12.7. The molecule has 0 radical (unpaired) electrons. The number of dihydropyridines is 1. The molecular weight excluding hydrogens is 532 g/mol. The van der Waals surface area contributed by atoms with Gasteiger partial charge in [0.05, 0.1) is 23.1 Å². The quantitative estimate of drug-likeness (QED) is 0.526. The van der Waals surface area contributed by atoms with Crippen LogP contribution in [0.15, 0.2) is 41.2 Å². The maximum atomic E-state index is 15.6. The van der Waals surface area contributed by atoms with Crippen LogP contribution in [0.1, 0.15) is 27.7 Å². The summed E-state index contributed by atoms with van der Waals surface area (Å²) in [5.41, 5.74) is -0.617. The van der Waals surface area contributed by atoms with Gasteiger partial charge in [0, 0.05) is 61.0 Å². The highest BCUT2D eigenvalue weighted by atomic mass is 19.4. The minimum atomic E-state index is -4.93. The van der Waals surface area contributed by atoms with E-state index in [1.54, 1.807) is 13.8 Å². The molecule has 214 valence electrons. The van der Waals surface area contributed by atoms with Crippen LogP contribution in [0.4, 0.5) is 28.9 Å². The van der Waals surface area contributed by atoms with E-state index < -0.39 is 35.3 Å². The van der Waals surface area contributed by atoms with Gasteiger partial charge in [-0.3, -0.25) is 14.5 Å². The van der Waals surface area contributed by atoms with Gasteiger partial charge in [-0.15, -0.1) is 0 Å². The van der Waals surface area contributed by atoms with Crippen molar-refractivity contribution in [1.29, 1.82) is 0 Å². The van der Waals surface area contributed by atoms with Gasteiger partial charge in [-0.1, -0.05) is 0 Å². The summed E-state index contributed by atoms with van der Waals surface area (Å²) >= 11 is 0. The smallest absolute Gasteiger partial charge is 0.414 e. The molecular formula is C27H30F4N6O3. The van der Waals surface area contributed by atoms with Gasteiger partial charge in [0.25, 0.3) is 5.91 Å². The van der Waals surface area contributed by atoms with Crippen LogP contribution >= 0.6 is 0 Å². The number of ether oxygens (including phenoxy) is 1. The largest absolute Gasteiger partial charge is 0.461 e. The molecule has 1 aromatic carbocycles. The minimum absolute atomic E-state index is 0.0319. The number of anilines is 2. The maximum absolute atomic E-state index is 15.6. The maximum Gasteiger partial charge on any atom is 0.414 e. The zero-order valence-corrected chi connectivity index (χ0v) is 22.7. The first-order valence-corrected chi connectivity index (χ1v) is 12.7. The Morgan fingerprint density at radius 2 is 1.75 bits per heavy atom. The second kappa shape index (κ2) is 11.3. The lowest BCUT2D eigenvalue weighted by molar-refractivity contribution is -0.124. The monoisotopic (exact) mass is 562 g/mol. The van der Waals surface area contributed by atoms with Crippen molar-refractivity contribution in [3.63, 3.8) is 0 Å². The number of carbonyl (C=O) groups excluding carboxylic acids is 2. The van der Waals surface area contributed by atoms with Gasteiger partial charge in [-0.25, -0.2) is 19.4 Å². The molecule has 1 aromatic heterocycles. The SMILES string of the molecule is CC(C)Oc1ncc(-c2cc(NC(=O)C3C=NC(=O)C=C3C(F)(F)F)c(N3C[C@@H](C)N(C)[C@@H](C)C3)cc2F)cn1. The molecule has 1 fully saturated rings. The summed E-state index contributed by atoms with van der Waals surface area (Å²) in [6.45, 7) is 8.58. The number of benzene rings is 1. The number of halogens is 4. The normalized spacial score (nSPS) is 21.9. The molecule has 3 atom stereocenters. The van der Waals surface area contributed by atoms with Gasteiger partial charge in [0.2, 0.25) is 5.91 Å². The standard InChI is InChI=1S/C27H30F4N6O3/c1-14(2)40-26-33-9-17(10-34-26)18-6-22(23(8-21(18)28)37-12-15(3)36(5)16(4)13-37)35-25(39)19-11-32-24(38)7-20(19)27(29,30)31/h6-11,14-16,19H,12-13H2,1-5H3,(H,35,39)/t15-,16+,19?. The number of piperazine rings is 1. The molecule has 4 rings (SSSR count). The van der Waals surface area contributed by atoms with E-state index in [1.165, 1.54) is 24.5 Å². The number of nitrogens with zero attached hydrogens (tertiary/aromatic N) is 5. The average Bonchev–Trinajstić information content (AvgIpc) is 2.87. The molecule has 2 aliphatic rings. The minimum Gasteiger partial charge on any atom is -0.461 e. The van der Waals surface area contributed by atoms with E-state index in [2.05, 4.69) is 25.2 Å². The molecule has 13 heteroatoms. The molecule has 3 heterocycles. The fraction of sp³-hybridized carbons (Fsp3) is 0.444. The third-order valence-electron chi connectivity index (χ3n) is 6.90. The van der Waals surface area contributed by atoms with Crippen molar-refractivity contribution in [3.05, 3.63) is 42.0 Å². The lowest BCUT2D eigenvalue weighted by Gasteiger charge is -2.44. The zero-order valence-electron chi connectivity index (χ0n) is 22.7. The molecule has 2 aromatic rings. The molecule has 9 nitrogen and oxygen atoms in total. The average molecular weight is 563 g/mol. The molecule has 0 aliphatic carbocycles. The Labute approximate surface area is 228 Å². The van der Waals surface area contributed by atoms with Crippen molar-refractivity contribution in [3.8, 4) is 17.1 Å². The van der Waals surface area contributed by atoms with Crippen molar-refractivity contribution in [1.82, 2.24) is 14.9 Å². The Bertz CT molecular complexity index is 1330. The van der Waals surface area contributed by atoms with E-state index in [0.29, 0.717) is 31.1 Å². The number of amides is 2. The Morgan fingerprint density at radius 1 is 1.12 bits per heavy atom. The van der Waals surface area contributed by atoms with Gasteiger partial charge in [0.15, 0.2) is 0 Å². The van der Waals surface area contributed by atoms with E-state index in [1.807, 2.05) is 25.8 Å². The number of hydrogen-bond donors (Lipinski definition) is 1. The van der Waals surface area contributed by atoms with Crippen LogP contribution in [0.2, 0.25) is 0 Å². The van der Waals surface area contributed by atoms with Gasteiger partial charge >= 0.3 is 12.2 Å². The van der Waals surface area contributed by atoms with Crippen molar-refractivity contribution in [2.75, 3.05) is 30.4 Å². The predicted octanol–water partition coefficient (Wildman–Crippen LogP) is 4.25. The number of rotatable bonds is 6. The number of alkyl halides is 3. The number of likely N-dealkylation sites (N-methyl/N-ethyl adjacent to an activating group) is 1. The first-order chi connectivity index (χ1) is 18.7. The molecule has 2 aliphatic heterocycles. The zero-order chi connectivity index (χ0) is 29.4. The van der Waals surface area contributed by atoms with Crippen LogP contribution in [0.3, 0.4) is 0 Å². The lowest BCUT2D eigenvalue weighted by atomic mass is 9.95. The predicted molar refractivity (Wildman–Crippen MR) is 142 cm³/mol. The second-order valence-electron chi connectivity index (χ2n) is 10.2. The van der Waals surface area contributed by atoms with E-state index >= 15 is 4.39 Å². The Hall–Kier alpha value is -3.87. The molecule has 0 spiro atoms. The number of carbonyl (C=O) groups is 2. The first kappa shape index (κ1) is 29.1. The molecule has 0 saturated carbocycles. The van der Waals surface area contributed by atoms with Gasteiger partial charge < -0.3 is 15.0 Å². The van der Waals surface area contributed by atoms with Crippen molar-refractivity contribution >= 4 is 29.4 Å². The fourth-order valence-electron chi connectivity index (χ4n) is 4.64. The Morgan fingerprint density at radius 3 is 2.33 bits per heavy atom. The van der Waals surface area contributed by atoms with Crippen molar-refractivity contribution in [2.45, 2.75) is 52.1 Å². The third-order valence-corrected chi connectivity index (χ3v) is 6.90. The number of nitrogens with one attached hydrogen (secondary N) is 1. The number of aromatic nitrogens is 2. The van der Waals surface area contributed by atoms with Gasteiger partial charge in [0.1, 0.15) is 11.7 Å². The molecule has 0 bridgehead atoms. The van der Waals surface area contributed by atoms with E-state index in [-0.39, 0.29) is 41.0 Å². The van der Waals surface area contributed by atoms with Crippen LogP contribution in [0, 0.1) is 11.7 Å².